The minimum Gasteiger partial charge on any atom is -0.463 e. The maximum absolute atomic E-state index is 12.8. The molecular formula is C31H47BrO8. The second-order valence-electron chi connectivity index (χ2n) is 13.7. The van der Waals surface area contributed by atoms with E-state index in [2.05, 4.69) is 36.7 Å². The molecule has 9 heteroatoms. The minimum atomic E-state index is -0.894. The summed E-state index contributed by atoms with van der Waals surface area (Å²) in [5, 5.41) is 11.6. The molecule has 0 aromatic carbocycles. The van der Waals surface area contributed by atoms with Gasteiger partial charge in [-0.25, -0.2) is 0 Å². The van der Waals surface area contributed by atoms with E-state index < -0.39 is 16.3 Å². The Balaban J connectivity index is 1.72. The number of ketones is 1. The molecule has 8 nitrogen and oxygen atoms in total. The highest BCUT2D eigenvalue weighted by Gasteiger charge is 2.69. The van der Waals surface area contributed by atoms with Crippen LogP contribution < -0.4 is 0 Å². The number of hydrogen-bond acceptors (Lipinski definition) is 8. The second-order valence-corrected chi connectivity index (χ2v) is 14.7. The Morgan fingerprint density at radius 1 is 1.00 bits per heavy atom. The van der Waals surface area contributed by atoms with E-state index in [1.807, 2.05) is 13.8 Å². The van der Waals surface area contributed by atoms with Crippen molar-refractivity contribution < 1.29 is 38.5 Å². The molecule has 0 spiro atoms. The lowest BCUT2D eigenvalue weighted by Crippen LogP contribution is -2.67. The van der Waals surface area contributed by atoms with Crippen LogP contribution in [0.15, 0.2) is 0 Å². The fourth-order valence-corrected chi connectivity index (χ4v) is 10.3. The average molecular weight is 628 g/mol. The monoisotopic (exact) mass is 626 g/mol. The highest BCUT2D eigenvalue weighted by atomic mass is 79.9. The smallest absolute Gasteiger partial charge is 0.306 e. The largest absolute Gasteiger partial charge is 0.463 e. The second kappa shape index (κ2) is 11.7. The summed E-state index contributed by atoms with van der Waals surface area (Å²) in [5.74, 6) is -0.716. The van der Waals surface area contributed by atoms with Gasteiger partial charge in [-0.3, -0.25) is 19.2 Å². The van der Waals surface area contributed by atoms with Crippen molar-refractivity contribution in [2.24, 2.45) is 46.3 Å². The van der Waals surface area contributed by atoms with Gasteiger partial charge in [0.15, 0.2) is 0 Å². The summed E-state index contributed by atoms with van der Waals surface area (Å²) in [5.41, 5.74) is -0.994. The van der Waals surface area contributed by atoms with Crippen molar-refractivity contribution in [3.8, 4) is 0 Å². The number of alkyl halides is 1. The predicted molar refractivity (Wildman–Crippen MR) is 151 cm³/mol. The molecule has 0 amide bonds. The van der Waals surface area contributed by atoms with Gasteiger partial charge in [-0.1, -0.05) is 36.7 Å². The van der Waals surface area contributed by atoms with Gasteiger partial charge in [-0.15, -0.1) is 0 Å². The lowest BCUT2D eigenvalue weighted by atomic mass is 9.42. The van der Waals surface area contributed by atoms with Gasteiger partial charge < -0.3 is 19.3 Å². The molecule has 226 valence electrons. The first-order chi connectivity index (χ1) is 18.6. The SMILES string of the molecule is CC(=O)O[C@H]1C[C@H]2[C@@H]([C@H](OC(C)=O)C[C@@H]3CC(=O)[C@H](Br)[C@@H](O)[C@@]32C)[C@@H]2CC[C@H]([C@H](C)CCC(=O)OC(C)C)[C@@]12C. The summed E-state index contributed by atoms with van der Waals surface area (Å²) in [6.07, 6.45) is 2.39. The van der Waals surface area contributed by atoms with Crippen molar-refractivity contribution in [1.82, 2.24) is 0 Å². The van der Waals surface area contributed by atoms with Crippen LogP contribution in [0.1, 0.15) is 93.4 Å². The highest BCUT2D eigenvalue weighted by molar-refractivity contribution is 9.10. The summed E-state index contributed by atoms with van der Waals surface area (Å²) >= 11 is 3.47. The molecule has 4 saturated carbocycles. The molecule has 12 atom stereocenters. The molecule has 4 aliphatic rings. The van der Waals surface area contributed by atoms with Crippen molar-refractivity contribution in [1.29, 1.82) is 0 Å². The van der Waals surface area contributed by atoms with E-state index in [0.717, 1.165) is 12.8 Å². The zero-order valence-corrected chi connectivity index (χ0v) is 26.6. The third-order valence-corrected chi connectivity index (χ3v) is 12.3. The molecule has 0 bridgehead atoms. The fraction of sp³-hybridized carbons (Fsp3) is 0.871. The predicted octanol–water partition coefficient (Wildman–Crippen LogP) is 5.01. The summed E-state index contributed by atoms with van der Waals surface area (Å²) in [6.45, 7) is 13.0. The summed E-state index contributed by atoms with van der Waals surface area (Å²) in [4.78, 5) is 49.3. The quantitative estimate of drug-likeness (QED) is 0.238. The number of esters is 3. The fourth-order valence-electron chi connectivity index (χ4n) is 9.54. The van der Waals surface area contributed by atoms with Crippen molar-refractivity contribution in [2.45, 2.75) is 123 Å². The molecule has 0 aliphatic heterocycles. The molecule has 40 heavy (non-hydrogen) atoms. The van der Waals surface area contributed by atoms with E-state index in [1.54, 1.807) is 0 Å². The van der Waals surface area contributed by atoms with Crippen molar-refractivity contribution in [3.05, 3.63) is 0 Å². The highest BCUT2D eigenvalue weighted by Crippen LogP contribution is 2.69. The minimum absolute atomic E-state index is 0.0297. The number of fused-ring (bicyclic) bond motifs is 5. The summed E-state index contributed by atoms with van der Waals surface area (Å²) < 4.78 is 17.5. The zero-order valence-electron chi connectivity index (χ0n) is 25.0. The Bertz CT molecular complexity index is 1010. The van der Waals surface area contributed by atoms with Gasteiger partial charge in [0, 0.05) is 43.4 Å². The molecule has 0 saturated heterocycles. The first kappa shape index (κ1) is 31.5. The Morgan fingerprint density at radius 3 is 2.25 bits per heavy atom. The van der Waals surface area contributed by atoms with Crippen LogP contribution in [0, 0.1) is 46.3 Å². The molecule has 0 unspecified atom stereocenters. The van der Waals surface area contributed by atoms with Crippen LogP contribution >= 0.6 is 15.9 Å². The third kappa shape index (κ3) is 5.38. The van der Waals surface area contributed by atoms with E-state index >= 15 is 0 Å². The van der Waals surface area contributed by atoms with Gasteiger partial charge in [0.2, 0.25) is 0 Å². The summed E-state index contributed by atoms with van der Waals surface area (Å²) in [6, 6.07) is 0. The normalized spacial score (nSPS) is 43.2. The number of ether oxygens (including phenoxy) is 3. The number of carbonyl (C=O) groups excluding carboxylic acids is 4. The lowest BCUT2D eigenvalue weighted by molar-refractivity contribution is -0.233. The van der Waals surface area contributed by atoms with Crippen molar-refractivity contribution in [3.63, 3.8) is 0 Å². The number of halogens is 1. The van der Waals surface area contributed by atoms with E-state index in [9.17, 15) is 24.3 Å². The lowest BCUT2D eigenvalue weighted by Gasteiger charge is -2.64. The number of rotatable bonds is 7. The van der Waals surface area contributed by atoms with E-state index in [1.165, 1.54) is 13.8 Å². The summed E-state index contributed by atoms with van der Waals surface area (Å²) in [7, 11) is 0. The molecule has 1 N–H and O–H groups in total. The molecule has 0 radical (unpaired) electrons. The van der Waals surface area contributed by atoms with E-state index in [0.29, 0.717) is 32.1 Å². The third-order valence-electron chi connectivity index (χ3n) is 11.3. The Kier molecular flexibility index (Phi) is 9.17. The van der Waals surface area contributed by atoms with Crippen LogP contribution in [0.4, 0.5) is 0 Å². The van der Waals surface area contributed by atoms with E-state index in [-0.39, 0.29) is 82.9 Å². The van der Waals surface area contributed by atoms with Crippen LogP contribution in [-0.2, 0) is 33.4 Å². The molecule has 0 aromatic rings. The number of carbonyl (C=O) groups is 4. The van der Waals surface area contributed by atoms with Crippen LogP contribution in [0.2, 0.25) is 0 Å². The maximum Gasteiger partial charge on any atom is 0.306 e. The van der Waals surface area contributed by atoms with Crippen LogP contribution in [-0.4, -0.2) is 58.0 Å². The molecule has 0 heterocycles. The van der Waals surface area contributed by atoms with Gasteiger partial charge in [-0.05, 0) is 75.5 Å². The molecular weight excluding hydrogens is 580 g/mol. The van der Waals surface area contributed by atoms with Crippen LogP contribution in [0.5, 0.6) is 0 Å². The van der Waals surface area contributed by atoms with Crippen molar-refractivity contribution >= 4 is 39.6 Å². The Hall–Kier alpha value is -1.48. The molecule has 4 fully saturated rings. The first-order valence-electron chi connectivity index (χ1n) is 15.0. The topological polar surface area (TPSA) is 116 Å². The number of hydrogen-bond donors (Lipinski definition) is 1. The number of aliphatic hydroxyl groups is 1. The maximum atomic E-state index is 12.8. The van der Waals surface area contributed by atoms with Crippen LogP contribution in [0.25, 0.3) is 0 Å². The first-order valence-corrected chi connectivity index (χ1v) is 15.9. The standard InChI is InChI=1S/C31H47BrO8/c1-15(2)38-26(36)11-8-16(3)20-9-10-21-27-22(14-25(31(20,21)7)40-18(5)34)30(6)19(13-24(27)39-17(4)33)12-23(35)28(32)29(30)37/h15-16,19-22,24-25,27-29,37H,8-14H2,1-7H3/t16-,19+,20-,21+,22+,24-,25+,27+,28+,29-,30+,31-/m1/s1. The van der Waals surface area contributed by atoms with Crippen molar-refractivity contribution in [2.75, 3.05) is 0 Å². The number of Topliss-reactive ketones (excluding diaryl/α,β-unsaturated/α-hetero) is 1. The number of aliphatic hydroxyl groups excluding tert-OH is 1. The molecule has 0 aromatic heterocycles. The average Bonchev–Trinajstić information content (AvgIpc) is 3.20. The Labute approximate surface area is 246 Å². The van der Waals surface area contributed by atoms with E-state index in [4.69, 9.17) is 14.2 Å². The molecule has 4 rings (SSSR count). The van der Waals surface area contributed by atoms with Gasteiger partial charge in [0.05, 0.1) is 17.0 Å². The van der Waals surface area contributed by atoms with Gasteiger partial charge in [0.1, 0.15) is 18.0 Å². The molecule has 4 aliphatic carbocycles. The van der Waals surface area contributed by atoms with Gasteiger partial charge in [0.25, 0.3) is 0 Å². The van der Waals surface area contributed by atoms with Gasteiger partial charge in [-0.2, -0.15) is 0 Å². The van der Waals surface area contributed by atoms with Gasteiger partial charge >= 0.3 is 17.9 Å². The van der Waals surface area contributed by atoms with Crippen LogP contribution in [0.3, 0.4) is 0 Å². The Morgan fingerprint density at radius 2 is 1.65 bits per heavy atom. The zero-order chi connectivity index (χ0) is 29.7.